The molecule has 0 aliphatic rings. The van der Waals surface area contributed by atoms with Crippen LogP contribution in [0.15, 0.2) is 60.7 Å². The summed E-state index contributed by atoms with van der Waals surface area (Å²) in [6, 6.07) is 22.9. The van der Waals surface area contributed by atoms with Gasteiger partial charge in [0, 0.05) is 17.4 Å². The van der Waals surface area contributed by atoms with Gasteiger partial charge in [0.15, 0.2) is 0 Å². The summed E-state index contributed by atoms with van der Waals surface area (Å²) in [5, 5.41) is 12.6. The Morgan fingerprint density at radius 1 is 1.07 bits per heavy atom. The first-order valence-electron chi connectivity index (χ1n) is 9.86. The largest absolute Gasteiger partial charge is 0.465 e. The van der Waals surface area contributed by atoms with Crippen molar-refractivity contribution in [2.45, 2.75) is 25.8 Å². The lowest BCUT2D eigenvalue weighted by atomic mass is 10.0. The molecule has 0 radical (unpaired) electrons. The molecule has 1 aromatic heterocycles. The summed E-state index contributed by atoms with van der Waals surface area (Å²) in [5.74, 6) is -0.336. The van der Waals surface area contributed by atoms with Crippen molar-refractivity contribution < 1.29 is 9.53 Å². The average molecular weight is 508 g/mol. The minimum atomic E-state index is -0.336. The third kappa shape index (κ3) is 3.92. The number of aromatic nitrogens is 1. The van der Waals surface area contributed by atoms with Crippen LogP contribution in [0.2, 0.25) is 0 Å². The Kier molecular flexibility index (Phi) is 6.05. The summed E-state index contributed by atoms with van der Waals surface area (Å²) >= 11 is 2.37. The van der Waals surface area contributed by atoms with Crippen molar-refractivity contribution in [1.82, 2.24) is 4.57 Å². The monoisotopic (exact) mass is 508 g/mol. The molecule has 0 fully saturated rings. The molecule has 0 unspecified atom stereocenters. The number of nitriles is 1. The van der Waals surface area contributed by atoms with Gasteiger partial charge in [0.1, 0.15) is 0 Å². The third-order valence-corrected chi connectivity index (χ3v) is 6.68. The van der Waals surface area contributed by atoms with Gasteiger partial charge in [0.2, 0.25) is 0 Å². The molecule has 0 bridgehead atoms. The third-order valence-electron chi connectivity index (χ3n) is 5.44. The van der Waals surface area contributed by atoms with Gasteiger partial charge in [-0.25, -0.2) is 4.79 Å². The Morgan fingerprint density at radius 3 is 2.63 bits per heavy atom. The van der Waals surface area contributed by atoms with Crippen LogP contribution in [0.1, 0.15) is 27.9 Å². The van der Waals surface area contributed by atoms with Crippen LogP contribution in [0.5, 0.6) is 0 Å². The van der Waals surface area contributed by atoms with Gasteiger partial charge < -0.3 is 9.30 Å². The lowest BCUT2D eigenvalue weighted by molar-refractivity contribution is 0.0601. The molecule has 0 aliphatic heterocycles. The topological polar surface area (TPSA) is 55.0 Å². The van der Waals surface area contributed by atoms with Gasteiger partial charge in [-0.1, -0.05) is 42.5 Å². The van der Waals surface area contributed by atoms with E-state index in [1.807, 2.05) is 12.1 Å². The number of esters is 1. The standard InChI is InChI=1S/C25H21IN2O2/c1-30-25(29)20-10-12-23-22(16-20)21(24(26)28(23)14-4-13-27)11-8-17-7-9-18-5-2-3-6-19(18)15-17/h2-3,5-7,9-10,12,15-16H,4,8,11,14H2,1H3. The summed E-state index contributed by atoms with van der Waals surface area (Å²) in [5.41, 5.74) is 4.09. The van der Waals surface area contributed by atoms with Gasteiger partial charge in [-0.3, -0.25) is 0 Å². The van der Waals surface area contributed by atoms with E-state index in [2.05, 4.69) is 75.7 Å². The molecule has 0 atom stereocenters. The van der Waals surface area contributed by atoms with Gasteiger partial charge in [-0.2, -0.15) is 5.26 Å². The molecule has 0 spiro atoms. The molecule has 0 aliphatic carbocycles. The van der Waals surface area contributed by atoms with E-state index in [-0.39, 0.29) is 5.97 Å². The Labute approximate surface area is 189 Å². The van der Waals surface area contributed by atoms with E-state index in [1.54, 1.807) is 6.07 Å². The van der Waals surface area contributed by atoms with E-state index in [0.717, 1.165) is 27.4 Å². The van der Waals surface area contributed by atoms with Crippen LogP contribution in [0.3, 0.4) is 0 Å². The zero-order valence-electron chi connectivity index (χ0n) is 16.7. The van der Waals surface area contributed by atoms with Crippen molar-refractivity contribution in [2.24, 2.45) is 0 Å². The van der Waals surface area contributed by atoms with E-state index < -0.39 is 0 Å². The Hall–Kier alpha value is -2.85. The quantitative estimate of drug-likeness (QED) is 0.241. The maximum Gasteiger partial charge on any atom is 0.337 e. The van der Waals surface area contributed by atoms with E-state index in [1.165, 1.54) is 29.0 Å². The molecule has 3 aromatic carbocycles. The van der Waals surface area contributed by atoms with Crippen molar-refractivity contribution in [2.75, 3.05) is 7.11 Å². The van der Waals surface area contributed by atoms with E-state index >= 15 is 0 Å². The molecular formula is C25H21IN2O2. The van der Waals surface area contributed by atoms with Gasteiger partial charge in [0.05, 0.1) is 28.9 Å². The first-order chi connectivity index (χ1) is 14.6. The number of ether oxygens (including phenoxy) is 1. The highest BCUT2D eigenvalue weighted by Gasteiger charge is 2.17. The van der Waals surface area contributed by atoms with Crippen LogP contribution in [-0.4, -0.2) is 17.6 Å². The number of hydrogen-bond acceptors (Lipinski definition) is 3. The Bertz CT molecular complexity index is 1280. The van der Waals surface area contributed by atoms with Gasteiger partial charge in [0.25, 0.3) is 0 Å². The minimum Gasteiger partial charge on any atom is -0.465 e. The SMILES string of the molecule is COC(=O)c1ccc2c(c1)c(CCc1ccc3ccccc3c1)c(I)n2CCC#N. The molecule has 0 saturated carbocycles. The van der Waals surface area contributed by atoms with E-state index in [9.17, 15) is 4.79 Å². The van der Waals surface area contributed by atoms with Crippen LogP contribution in [0.25, 0.3) is 21.7 Å². The van der Waals surface area contributed by atoms with Gasteiger partial charge in [-0.05, 0) is 75.5 Å². The molecule has 0 N–H and O–H groups in total. The van der Waals surface area contributed by atoms with Crippen molar-refractivity contribution in [1.29, 1.82) is 5.26 Å². The predicted molar refractivity (Wildman–Crippen MR) is 128 cm³/mol. The summed E-state index contributed by atoms with van der Waals surface area (Å²) in [4.78, 5) is 12.1. The number of carbonyl (C=O) groups excluding carboxylic acids is 1. The number of methoxy groups -OCH3 is 1. The molecule has 4 rings (SSSR count). The normalized spacial score (nSPS) is 11.0. The fourth-order valence-corrected chi connectivity index (χ4v) is 4.98. The van der Waals surface area contributed by atoms with Crippen molar-refractivity contribution in [3.05, 3.63) is 81.1 Å². The van der Waals surface area contributed by atoms with Crippen LogP contribution in [-0.2, 0) is 24.1 Å². The number of hydrogen-bond donors (Lipinski definition) is 0. The van der Waals surface area contributed by atoms with Crippen LogP contribution >= 0.6 is 22.6 Å². The summed E-state index contributed by atoms with van der Waals surface area (Å²) in [6.45, 7) is 0.638. The number of nitrogens with zero attached hydrogens (tertiary/aromatic N) is 2. The van der Waals surface area contributed by atoms with Crippen LogP contribution in [0.4, 0.5) is 0 Å². The number of fused-ring (bicyclic) bond motifs is 2. The number of aryl methyl sites for hydroxylation is 3. The smallest absolute Gasteiger partial charge is 0.337 e. The molecule has 5 heteroatoms. The van der Waals surface area contributed by atoms with Crippen molar-refractivity contribution in [3.8, 4) is 6.07 Å². The summed E-state index contributed by atoms with van der Waals surface area (Å²) in [6.07, 6.45) is 2.21. The molecule has 4 nitrogen and oxygen atoms in total. The lowest BCUT2D eigenvalue weighted by Gasteiger charge is -2.06. The second-order valence-corrected chi connectivity index (χ2v) is 8.26. The highest BCUT2D eigenvalue weighted by Crippen LogP contribution is 2.30. The minimum absolute atomic E-state index is 0.336. The molecular weight excluding hydrogens is 487 g/mol. The molecule has 0 saturated heterocycles. The number of benzene rings is 3. The van der Waals surface area contributed by atoms with Gasteiger partial charge in [-0.15, -0.1) is 0 Å². The predicted octanol–water partition coefficient (Wildman–Crippen LogP) is 5.88. The van der Waals surface area contributed by atoms with Crippen LogP contribution in [0, 0.1) is 15.0 Å². The second-order valence-electron chi connectivity index (χ2n) is 7.23. The lowest BCUT2D eigenvalue weighted by Crippen LogP contribution is -2.02. The zero-order chi connectivity index (χ0) is 21.1. The second kappa shape index (κ2) is 8.88. The Balaban J connectivity index is 1.72. The van der Waals surface area contributed by atoms with Crippen molar-refractivity contribution in [3.63, 3.8) is 0 Å². The van der Waals surface area contributed by atoms with Gasteiger partial charge >= 0.3 is 5.97 Å². The van der Waals surface area contributed by atoms with E-state index in [0.29, 0.717) is 18.5 Å². The maximum atomic E-state index is 12.1. The summed E-state index contributed by atoms with van der Waals surface area (Å²) in [7, 11) is 1.40. The fourth-order valence-electron chi connectivity index (χ4n) is 3.92. The zero-order valence-corrected chi connectivity index (χ0v) is 18.8. The first kappa shape index (κ1) is 20.4. The number of halogens is 1. The van der Waals surface area contributed by atoms with E-state index in [4.69, 9.17) is 10.00 Å². The number of rotatable bonds is 6. The van der Waals surface area contributed by atoms with Crippen molar-refractivity contribution >= 4 is 50.2 Å². The maximum absolute atomic E-state index is 12.1. The molecule has 0 amide bonds. The summed E-state index contributed by atoms with van der Waals surface area (Å²) < 4.78 is 8.21. The molecule has 30 heavy (non-hydrogen) atoms. The first-order valence-corrected chi connectivity index (χ1v) is 10.9. The number of carbonyl (C=O) groups is 1. The molecule has 4 aromatic rings. The molecule has 1 heterocycles. The van der Waals surface area contributed by atoms with Crippen LogP contribution < -0.4 is 0 Å². The fraction of sp³-hybridized carbons (Fsp3) is 0.200. The average Bonchev–Trinajstić information content (AvgIpc) is 3.05. The Morgan fingerprint density at radius 2 is 1.87 bits per heavy atom. The molecule has 150 valence electrons. The highest BCUT2D eigenvalue weighted by molar-refractivity contribution is 14.1. The highest BCUT2D eigenvalue weighted by atomic mass is 127.